The molecule has 0 amide bonds. The molecular formula is C9H6BrO5P. The van der Waals surface area contributed by atoms with Crippen LogP contribution in [-0.2, 0) is 4.57 Å². The van der Waals surface area contributed by atoms with Gasteiger partial charge in [-0.1, -0.05) is 0 Å². The molecule has 0 saturated heterocycles. The maximum Gasteiger partial charge on any atom is 0.415 e. The molecule has 5 nitrogen and oxygen atoms in total. The topological polar surface area (TPSA) is 65.0 Å². The summed E-state index contributed by atoms with van der Waals surface area (Å²) in [5, 5.41) is 0. The fraction of sp³-hybridized carbons (Fsp3) is 0.111. The van der Waals surface area contributed by atoms with Crippen molar-refractivity contribution in [2.24, 2.45) is 0 Å². The lowest BCUT2D eigenvalue weighted by molar-refractivity contribution is 0.174. The highest BCUT2D eigenvalue weighted by Gasteiger charge is 2.32. The van der Waals surface area contributed by atoms with Gasteiger partial charge in [-0.25, -0.2) is 4.57 Å². The Morgan fingerprint density at radius 2 is 1.94 bits per heavy atom. The molecule has 1 aromatic rings. The van der Waals surface area contributed by atoms with Crippen molar-refractivity contribution in [1.82, 2.24) is 0 Å². The van der Waals surface area contributed by atoms with Crippen LogP contribution in [0, 0.1) is 0 Å². The third-order valence-electron chi connectivity index (χ3n) is 2.27. The first-order chi connectivity index (χ1) is 7.56. The molecule has 16 heavy (non-hydrogen) atoms. The number of rotatable bonds is 0. The van der Waals surface area contributed by atoms with Gasteiger partial charge in [0.25, 0.3) is 0 Å². The zero-order chi connectivity index (χ0) is 11.3. The van der Waals surface area contributed by atoms with Crippen molar-refractivity contribution in [1.29, 1.82) is 0 Å². The first-order valence-electron chi connectivity index (χ1n) is 4.40. The lowest BCUT2D eigenvalue weighted by Crippen LogP contribution is -1.98. The van der Waals surface area contributed by atoms with E-state index >= 15 is 0 Å². The molecule has 0 aromatic heterocycles. The van der Waals surface area contributed by atoms with Crippen LogP contribution in [0.2, 0.25) is 0 Å². The van der Waals surface area contributed by atoms with Gasteiger partial charge in [-0.05, 0) is 28.1 Å². The van der Waals surface area contributed by atoms with E-state index in [9.17, 15) is 9.46 Å². The lowest BCUT2D eigenvalue weighted by Gasteiger charge is -2.19. The molecule has 0 fully saturated rings. The number of halogens is 1. The van der Waals surface area contributed by atoms with Crippen LogP contribution in [-0.4, -0.2) is 11.7 Å². The van der Waals surface area contributed by atoms with Crippen molar-refractivity contribution < 1.29 is 23.5 Å². The molecule has 84 valence electrons. The van der Waals surface area contributed by atoms with Crippen LogP contribution in [0.4, 0.5) is 0 Å². The molecular weight excluding hydrogens is 299 g/mol. The van der Waals surface area contributed by atoms with Gasteiger partial charge in [0, 0.05) is 11.6 Å². The summed E-state index contributed by atoms with van der Waals surface area (Å²) in [5.41, 5.74) is 0.677. The van der Waals surface area contributed by atoms with Crippen LogP contribution < -0.4 is 14.0 Å². The van der Waals surface area contributed by atoms with Gasteiger partial charge in [-0.3, -0.25) is 0 Å². The van der Waals surface area contributed by atoms with Gasteiger partial charge in [0.15, 0.2) is 11.5 Å². The van der Waals surface area contributed by atoms with Crippen molar-refractivity contribution >= 4 is 29.6 Å². The highest BCUT2D eigenvalue weighted by molar-refractivity contribution is 9.13. The van der Waals surface area contributed by atoms with Crippen LogP contribution >= 0.6 is 23.5 Å². The quantitative estimate of drug-likeness (QED) is 0.747. The summed E-state index contributed by atoms with van der Waals surface area (Å²) in [6, 6.07) is 3.26. The standard InChI is InChI=1S/C9H6BrO5P/c10-9-2-5-1-7-8(14-4-13-7)3-6(5)15-16(9,11)12/h1-3H,4H2,(H,11,12). The monoisotopic (exact) mass is 304 g/mol. The Balaban J connectivity index is 2.18. The van der Waals surface area contributed by atoms with E-state index in [4.69, 9.17) is 14.0 Å². The second kappa shape index (κ2) is 3.26. The van der Waals surface area contributed by atoms with E-state index in [1.54, 1.807) is 18.2 Å². The molecule has 1 unspecified atom stereocenters. The number of fused-ring (bicyclic) bond motifs is 2. The lowest BCUT2D eigenvalue weighted by atomic mass is 10.2. The molecule has 0 bridgehead atoms. The van der Waals surface area contributed by atoms with E-state index in [0.717, 1.165) is 0 Å². The minimum atomic E-state index is -3.75. The van der Waals surface area contributed by atoms with Gasteiger partial charge in [0.2, 0.25) is 6.79 Å². The molecule has 1 atom stereocenters. The maximum atomic E-state index is 11.6. The van der Waals surface area contributed by atoms with Crippen molar-refractivity contribution in [2.75, 3.05) is 6.79 Å². The molecule has 2 aliphatic rings. The highest BCUT2D eigenvalue weighted by atomic mass is 79.9. The molecule has 0 radical (unpaired) electrons. The molecule has 3 rings (SSSR count). The summed E-state index contributed by atoms with van der Waals surface area (Å²) in [5.74, 6) is 1.44. The van der Waals surface area contributed by atoms with E-state index < -0.39 is 7.60 Å². The SMILES string of the molecule is O=P1(O)Oc2cc3c(cc2C=C1Br)OCO3. The van der Waals surface area contributed by atoms with E-state index in [2.05, 4.69) is 15.9 Å². The fourth-order valence-corrected chi connectivity index (χ4v) is 2.80. The van der Waals surface area contributed by atoms with Crippen LogP contribution in [0.15, 0.2) is 16.4 Å². The first-order valence-corrected chi connectivity index (χ1v) is 6.77. The molecule has 1 N–H and O–H groups in total. The molecule has 7 heteroatoms. The Labute approximate surface area is 99.3 Å². The summed E-state index contributed by atoms with van der Waals surface area (Å²) in [7, 11) is -3.75. The van der Waals surface area contributed by atoms with E-state index in [0.29, 0.717) is 22.8 Å². The average Bonchev–Trinajstić information content (AvgIpc) is 2.63. The van der Waals surface area contributed by atoms with Crippen LogP contribution in [0.5, 0.6) is 17.2 Å². The van der Waals surface area contributed by atoms with Gasteiger partial charge in [-0.15, -0.1) is 0 Å². The summed E-state index contributed by atoms with van der Waals surface area (Å²) < 4.78 is 27.1. The molecule has 0 spiro atoms. The average molecular weight is 305 g/mol. The number of hydrogen-bond acceptors (Lipinski definition) is 4. The Hall–Kier alpha value is -0.970. The summed E-state index contributed by atoms with van der Waals surface area (Å²) >= 11 is 3.01. The highest BCUT2D eigenvalue weighted by Crippen LogP contribution is 2.59. The Bertz CT molecular complexity index is 553. The predicted molar refractivity (Wildman–Crippen MR) is 59.9 cm³/mol. The van der Waals surface area contributed by atoms with Crippen LogP contribution in [0.3, 0.4) is 0 Å². The summed E-state index contributed by atoms with van der Waals surface area (Å²) in [4.78, 5) is 9.48. The summed E-state index contributed by atoms with van der Waals surface area (Å²) in [6.07, 6.45) is 1.54. The normalized spacial score (nSPS) is 25.8. The number of benzene rings is 1. The van der Waals surface area contributed by atoms with Gasteiger partial charge in [0.05, 0.1) is 0 Å². The molecule has 2 heterocycles. The van der Waals surface area contributed by atoms with Crippen molar-refractivity contribution in [3.63, 3.8) is 0 Å². The first kappa shape index (κ1) is 10.2. The van der Waals surface area contributed by atoms with E-state index in [-0.39, 0.29) is 11.0 Å². The number of ether oxygens (including phenoxy) is 2. The van der Waals surface area contributed by atoms with Gasteiger partial charge >= 0.3 is 7.60 Å². The molecule has 2 aliphatic heterocycles. The number of hydrogen-bond donors (Lipinski definition) is 1. The van der Waals surface area contributed by atoms with Crippen molar-refractivity contribution in [3.05, 3.63) is 21.9 Å². The van der Waals surface area contributed by atoms with Crippen molar-refractivity contribution in [2.45, 2.75) is 0 Å². The fourth-order valence-electron chi connectivity index (χ4n) is 1.52. The zero-order valence-electron chi connectivity index (χ0n) is 7.84. The van der Waals surface area contributed by atoms with E-state index in [1.165, 1.54) is 0 Å². The molecule has 0 aliphatic carbocycles. The van der Waals surface area contributed by atoms with Gasteiger partial charge in [0.1, 0.15) is 9.97 Å². The minimum absolute atomic E-state index is 0.131. The van der Waals surface area contributed by atoms with Gasteiger partial charge < -0.3 is 18.9 Å². The minimum Gasteiger partial charge on any atom is -0.454 e. The maximum absolute atomic E-state index is 11.6. The predicted octanol–water partition coefficient (Wildman–Crippen LogP) is 2.69. The smallest absolute Gasteiger partial charge is 0.415 e. The van der Waals surface area contributed by atoms with E-state index in [1.807, 2.05) is 0 Å². The largest absolute Gasteiger partial charge is 0.454 e. The van der Waals surface area contributed by atoms with Crippen LogP contribution in [0.25, 0.3) is 6.08 Å². The van der Waals surface area contributed by atoms with Crippen LogP contribution in [0.1, 0.15) is 5.56 Å². The third-order valence-corrected chi connectivity index (χ3v) is 4.96. The Morgan fingerprint density at radius 1 is 1.25 bits per heavy atom. The molecule has 0 saturated carbocycles. The second-order valence-corrected chi connectivity index (χ2v) is 6.49. The van der Waals surface area contributed by atoms with Crippen molar-refractivity contribution in [3.8, 4) is 17.2 Å². The third kappa shape index (κ3) is 1.45. The summed E-state index contributed by atoms with van der Waals surface area (Å²) in [6.45, 7) is 0.153. The molecule has 1 aromatic carbocycles. The van der Waals surface area contributed by atoms with Gasteiger partial charge in [-0.2, -0.15) is 0 Å². The zero-order valence-corrected chi connectivity index (χ0v) is 10.3. The Morgan fingerprint density at radius 3 is 2.69 bits per heavy atom. The second-order valence-electron chi connectivity index (χ2n) is 3.32. The Kier molecular flexibility index (Phi) is 2.08.